The lowest BCUT2D eigenvalue weighted by molar-refractivity contribution is -0.383. The molecule has 2 aromatic heterocycles. The van der Waals surface area contributed by atoms with Gasteiger partial charge in [-0.2, -0.15) is 0 Å². The summed E-state index contributed by atoms with van der Waals surface area (Å²) in [5.74, 6) is 0.248. The van der Waals surface area contributed by atoms with Crippen molar-refractivity contribution in [3.05, 3.63) is 27.0 Å². The fourth-order valence-corrected chi connectivity index (χ4v) is 2.49. The molecular weight excluding hydrogens is 308 g/mol. The van der Waals surface area contributed by atoms with Crippen LogP contribution in [0.1, 0.15) is 10.6 Å². The van der Waals surface area contributed by atoms with E-state index in [-0.39, 0.29) is 17.3 Å². The highest BCUT2D eigenvalue weighted by Crippen LogP contribution is 2.32. The van der Waals surface area contributed by atoms with Crippen molar-refractivity contribution >= 4 is 33.8 Å². The molecule has 2 rings (SSSR count). The number of thiazole rings is 1. The normalized spacial score (nSPS) is 10.5. The van der Waals surface area contributed by atoms with Gasteiger partial charge in [-0.1, -0.05) is 0 Å². The molecule has 10 heteroatoms. The van der Waals surface area contributed by atoms with Gasteiger partial charge in [-0.15, -0.1) is 11.3 Å². The Kier molecular flexibility index (Phi) is 5.17. The van der Waals surface area contributed by atoms with Gasteiger partial charge in [0.05, 0.1) is 17.2 Å². The molecule has 0 spiro atoms. The Morgan fingerprint density at radius 3 is 2.68 bits per heavy atom. The van der Waals surface area contributed by atoms with Crippen molar-refractivity contribution in [2.75, 3.05) is 30.9 Å². The van der Waals surface area contributed by atoms with Crippen molar-refractivity contribution in [2.24, 2.45) is 0 Å². The number of ether oxygens (including phenoxy) is 1. The Bertz CT molecular complexity index is 655. The highest BCUT2D eigenvalue weighted by atomic mass is 32.1. The van der Waals surface area contributed by atoms with E-state index in [9.17, 15) is 10.1 Å². The Balaban J connectivity index is 2.29. The van der Waals surface area contributed by atoms with E-state index in [1.54, 1.807) is 7.11 Å². The molecule has 9 nitrogen and oxygen atoms in total. The lowest BCUT2D eigenvalue weighted by Gasteiger charge is -2.08. The van der Waals surface area contributed by atoms with Crippen LogP contribution in [0.5, 0.6) is 0 Å². The summed E-state index contributed by atoms with van der Waals surface area (Å²) in [7, 11) is 1.55. The number of hydrogen-bond acceptors (Lipinski definition) is 9. The predicted octanol–water partition coefficient (Wildman–Crippen LogP) is 2.26. The Morgan fingerprint density at radius 2 is 2.09 bits per heavy atom. The molecule has 118 valence electrons. The molecule has 0 fully saturated rings. The van der Waals surface area contributed by atoms with E-state index in [1.807, 2.05) is 13.8 Å². The molecule has 0 aliphatic carbocycles. The molecule has 0 aliphatic rings. The van der Waals surface area contributed by atoms with Crippen LogP contribution < -0.4 is 10.6 Å². The van der Waals surface area contributed by atoms with Crippen LogP contribution in [0.2, 0.25) is 0 Å². The van der Waals surface area contributed by atoms with Gasteiger partial charge < -0.3 is 15.4 Å². The van der Waals surface area contributed by atoms with Crippen LogP contribution in [0.4, 0.5) is 22.5 Å². The first-order valence-electron chi connectivity index (χ1n) is 6.46. The molecule has 0 aliphatic heterocycles. The molecule has 2 N–H and O–H groups in total. The Hall–Kier alpha value is -2.33. The van der Waals surface area contributed by atoms with Gasteiger partial charge in [-0.3, -0.25) is 10.1 Å². The van der Waals surface area contributed by atoms with Gasteiger partial charge in [0.25, 0.3) is 0 Å². The number of aryl methyl sites for hydroxylation is 2. The molecule has 0 saturated heterocycles. The maximum absolute atomic E-state index is 11.3. The third-order valence-corrected chi connectivity index (χ3v) is 3.85. The van der Waals surface area contributed by atoms with Gasteiger partial charge in [0.1, 0.15) is 6.33 Å². The largest absolute Gasteiger partial charge is 0.383 e. The third-order valence-electron chi connectivity index (χ3n) is 2.86. The number of nitrogens with one attached hydrogen (secondary N) is 2. The second-order valence-electron chi connectivity index (χ2n) is 4.38. The Morgan fingerprint density at radius 1 is 1.36 bits per heavy atom. The summed E-state index contributed by atoms with van der Waals surface area (Å²) in [6, 6.07) is 0. The molecule has 0 atom stereocenters. The minimum absolute atomic E-state index is 0.105. The minimum Gasteiger partial charge on any atom is -0.383 e. The van der Waals surface area contributed by atoms with Gasteiger partial charge >= 0.3 is 5.69 Å². The van der Waals surface area contributed by atoms with Crippen LogP contribution >= 0.6 is 11.3 Å². The molecule has 0 aromatic carbocycles. The molecule has 2 aromatic rings. The molecule has 0 bridgehead atoms. The predicted molar refractivity (Wildman–Crippen MR) is 83.9 cm³/mol. The zero-order valence-corrected chi connectivity index (χ0v) is 13.2. The highest BCUT2D eigenvalue weighted by molar-refractivity contribution is 7.15. The number of hydrogen-bond donors (Lipinski definition) is 2. The van der Waals surface area contributed by atoms with Gasteiger partial charge in [0, 0.05) is 18.5 Å². The van der Waals surface area contributed by atoms with Crippen LogP contribution in [0.15, 0.2) is 6.33 Å². The maximum atomic E-state index is 11.3. The molecule has 0 saturated carbocycles. The first kappa shape index (κ1) is 16.0. The van der Waals surface area contributed by atoms with E-state index in [4.69, 9.17) is 4.74 Å². The van der Waals surface area contributed by atoms with Gasteiger partial charge in [-0.05, 0) is 13.8 Å². The van der Waals surface area contributed by atoms with Gasteiger partial charge in [0.2, 0.25) is 11.6 Å². The van der Waals surface area contributed by atoms with Crippen LogP contribution in [0.25, 0.3) is 0 Å². The zero-order valence-electron chi connectivity index (χ0n) is 12.4. The number of nitro groups is 1. The van der Waals surface area contributed by atoms with Crippen LogP contribution in [0, 0.1) is 24.0 Å². The molecule has 0 unspecified atom stereocenters. The third kappa shape index (κ3) is 3.65. The van der Waals surface area contributed by atoms with E-state index in [2.05, 4.69) is 25.6 Å². The summed E-state index contributed by atoms with van der Waals surface area (Å²) in [6.07, 6.45) is 1.26. The van der Waals surface area contributed by atoms with Crippen LogP contribution in [0.3, 0.4) is 0 Å². The summed E-state index contributed by atoms with van der Waals surface area (Å²) in [4.78, 5) is 24.0. The average Bonchev–Trinajstić information content (AvgIpc) is 2.77. The van der Waals surface area contributed by atoms with Gasteiger partial charge in [0.15, 0.2) is 5.13 Å². The number of methoxy groups -OCH3 is 1. The fraction of sp³-hybridized carbons (Fsp3) is 0.417. The van der Waals surface area contributed by atoms with Gasteiger partial charge in [-0.25, -0.2) is 15.0 Å². The Labute approximate surface area is 130 Å². The first-order chi connectivity index (χ1) is 10.5. The molecule has 0 amide bonds. The van der Waals surface area contributed by atoms with Crippen molar-refractivity contribution in [3.63, 3.8) is 0 Å². The van der Waals surface area contributed by atoms with Crippen molar-refractivity contribution in [1.29, 1.82) is 0 Å². The summed E-state index contributed by atoms with van der Waals surface area (Å²) < 4.78 is 4.91. The van der Waals surface area contributed by atoms with Crippen molar-refractivity contribution in [3.8, 4) is 0 Å². The van der Waals surface area contributed by atoms with Crippen molar-refractivity contribution in [1.82, 2.24) is 15.0 Å². The molecule has 0 radical (unpaired) electrons. The number of nitrogens with zero attached hydrogens (tertiary/aromatic N) is 4. The van der Waals surface area contributed by atoms with E-state index >= 15 is 0 Å². The van der Waals surface area contributed by atoms with E-state index in [1.165, 1.54) is 17.7 Å². The standard InChI is InChI=1S/C12H16N6O3S/c1-7-8(2)22-12(16-7)17-11-9(18(19)20)10(14-6-15-11)13-4-5-21-3/h6H,4-5H2,1-3H3,(H2,13,14,15,16,17). The van der Waals surface area contributed by atoms with E-state index in [0.29, 0.717) is 18.3 Å². The summed E-state index contributed by atoms with van der Waals surface area (Å²) in [5, 5.41) is 17.6. The number of rotatable bonds is 7. The molecule has 2 heterocycles. The van der Waals surface area contributed by atoms with Crippen molar-refractivity contribution < 1.29 is 9.66 Å². The average molecular weight is 324 g/mol. The smallest absolute Gasteiger partial charge is 0.353 e. The SMILES string of the molecule is COCCNc1ncnc(Nc2nc(C)c(C)s2)c1[N+](=O)[O-]. The quantitative estimate of drug-likeness (QED) is 0.453. The van der Waals surface area contributed by atoms with Crippen LogP contribution in [-0.2, 0) is 4.74 Å². The number of anilines is 3. The zero-order chi connectivity index (χ0) is 16.1. The summed E-state index contributed by atoms with van der Waals surface area (Å²) in [5.41, 5.74) is 0.659. The lowest BCUT2D eigenvalue weighted by atomic mass is 10.4. The first-order valence-corrected chi connectivity index (χ1v) is 7.27. The lowest BCUT2D eigenvalue weighted by Crippen LogP contribution is -2.12. The minimum atomic E-state index is -0.523. The number of aromatic nitrogens is 3. The highest BCUT2D eigenvalue weighted by Gasteiger charge is 2.23. The van der Waals surface area contributed by atoms with E-state index in [0.717, 1.165) is 10.6 Å². The second-order valence-corrected chi connectivity index (χ2v) is 5.58. The topological polar surface area (TPSA) is 115 Å². The molecular formula is C12H16N6O3S. The second kappa shape index (κ2) is 7.09. The fourth-order valence-electron chi connectivity index (χ4n) is 1.67. The maximum Gasteiger partial charge on any atom is 0.353 e. The summed E-state index contributed by atoms with van der Waals surface area (Å²) in [6.45, 7) is 4.63. The van der Waals surface area contributed by atoms with E-state index < -0.39 is 4.92 Å². The summed E-state index contributed by atoms with van der Waals surface area (Å²) >= 11 is 1.41. The van der Waals surface area contributed by atoms with Crippen molar-refractivity contribution in [2.45, 2.75) is 13.8 Å². The molecule has 22 heavy (non-hydrogen) atoms. The van der Waals surface area contributed by atoms with Crippen LogP contribution in [-0.4, -0.2) is 40.1 Å². The monoisotopic (exact) mass is 324 g/mol.